The number of fused-ring (bicyclic) bond motifs is 1. The normalized spacial score (nSPS) is 13.9. The molecule has 0 spiro atoms. The van der Waals surface area contributed by atoms with Crippen LogP contribution in [0.5, 0.6) is 0 Å². The molecule has 1 aliphatic rings. The number of hydrogen-bond acceptors (Lipinski definition) is 3. The van der Waals surface area contributed by atoms with Gasteiger partial charge >= 0.3 is 5.97 Å². The van der Waals surface area contributed by atoms with Gasteiger partial charge in [-0.2, -0.15) is 0 Å². The van der Waals surface area contributed by atoms with Crippen molar-refractivity contribution in [2.75, 3.05) is 6.61 Å². The molecule has 0 fully saturated rings. The number of Topliss-reactive ketones (excluding diaryl/α,β-unsaturated/α-hetero) is 1. The van der Waals surface area contributed by atoms with Gasteiger partial charge in [0.05, 0.1) is 13.0 Å². The van der Waals surface area contributed by atoms with Crippen molar-refractivity contribution < 1.29 is 14.3 Å². The van der Waals surface area contributed by atoms with Gasteiger partial charge in [0.1, 0.15) is 0 Å². The highest BCUT2D eigenvalue weighted by Gasteiger charge is 2.18. The van der Waals surface area contributed by atoms with E-state index >= 15 is 0 Å². The predicted octanol–water partition coefficient (Wildman–Crippen LogP) is 2.78. The number of ether oxygens (including phenoxy) is 1. The summed E-state index contributed by atoms with van der Waals surface area (Å²) in [5.74, 6) is -0.0170. The van der Waals surface area contributed by atoms with Crippen LogP contribution in [0.15, 0.2) is 24.3 Å². The zero-order valence-corrected chi connectivity index (χ0v) is 10.4. The van der Waals surface area contributed by atoms with Crippen molar-refractivity contribution in [1.82, 2.24) is 0 Å². The second-order valence-corrected chi connectivity index (χ2v) is 4.25. The van der Waals surface area contributed by atoms with E-state index in [9.17, 15) is 9.59 Å². The minimum Gasteiger partial charge on any atom is -0.466 e. The monoisotopic (exact) mass is 244 g/mol. The Kier molecular flexibility index (Phi) is 3.92. The number of esters is 1. The van der Waals surface area contributed by atoms with Crippen LogP contribution in [0.3, 0.4) is 0 Å². The van der Waals surface area contributed by atoms with Crippen LogP contribution in [0.1, 0.15) is 41.3 Å². The van der Waals surface area contributed by atoms with E-state index in [-0.39, 0.29) is 18.2 Å². The Hall–Kier alpha value is -1.90. The van der Waals surface area contributed by atoms with E-state index in [2.05, 4.69) is 0 Å². The van der Waals surface area contributed by atoms with Gasteiger partial charge in [0.25, 0.3) is 0 Å². The highest BCUT2D eigenvalue weighted by Crippen LogP contribution is 2.23. The van der Waals surface area contributed by atoms with Gasteiger partial charge in [-0.15, -0.1) is 0 Å². The van der Waals surface area contributed by atoms with Crippen molar-refractivity contribution >= 4 is 17.8 Å². The number of rotatable bonds is 4. The number of carbonyl (C=O) groups is 2. The average Bonchev–Trinajstić information content (AvgIpc) is 2.71. The zero-order valence-electron chi connectivity index (χ0n) is 10.4. The highest BCUT2D eigenvalue weighted by molar-refractivity contribution is 6.00. The van der Waals surface area contributed by atoms with Crippen molar-refractivity contribution in [2.24, 2.45) is 0 Å². The SMILES string of the molecule is CCOC(=O)CC=Cc1ccc2c(c1)C(=O)CC2. The van der Waals surface area contributed by atoms with E-state index < -0.39 is 0 Å². The van der Waals surface area contributed by atoms with E-state index in [1.807, 2.05) is 24.3 Å². The van der Waals surface area contributed by atoms with Gasteiger partial charge in [-0.05, 0) is 30.5 Å². The Morgan fingerprint density at radius 3 is 3.00 bits per heavy atom. The molecule has 0 N–H and O–H groups in total. The van der Waals surface area contributed by atoms with Gasteiger partial charge in [0.2, 0.25) is 0 Å². The summed E-state index contributed by atoms with van der Waals surface area (Å²) < 4.78 is 4.83. The molecule has 1 aromatic rings. The van der Waals surface area contributed by atoms with E-state index in [0.717, 1.165) is 23.1 Å². The Balaban J connectivity index is 2.02. The van der Waals surface area contributed by atoms with E-state index in [0.29, 0.717) is 13.0 Å². The van der Waals surface area contributed by atoms with Crippen LogP contribution >= 0.6 is 0 Å². The van der Waals surface area contributed by atoms with Crippen LogP contribution < -0.4 is 0 Å². The minimum absolute atomic E-state index is 0.214. The first-order chi connectivity index (χ1) is 8.70. The molecule has 0 saturated heterocycles. The number of benzene rings is 1. The number of carbonyl (C=O) groups excluding carboxylic acids is 2. The first-order valence-corrected chi connectivity index (χ1v) is 6.19. The molecule has 0 aromatic heterocycles. The third kappa shape index (κ3) is 2.86. The van der Waals surface area contributed by atoms with Gasteiger partial charge in [-0.25, -0.2) is 0 Å². The summed E-state index contributed by atoms with van der Waals surface area (Å²) in [6.07, 6.45) is 5.34. The summed E-state index contributed by atoms with van der Waals surface area (Å²) in [5, 5.41) is 0. The fraction of sp³-hybridized carbons (Fsp3) is 0.333. The van der Waals surface area contributed by atoms with Crippen molar-refractivity contribution in [2.45, 2.75) is 26.2 Å². The quantitative estimate of drug-likeness (QED) is 0.765. The maximum atomic E-state index is 11.6. The van der Waals surface area contributed by atoms with Crippen LogP contribution in [-0.2, 0) is 16.0 Å². The molecule has 94 valence electrons. The molecule has 0 unspecified atom stereocenters. The van der Waals surface area contributed by atoms with Gasteiger partial charge in [0.15, 0.2) is 5.78 Å². The maximum absolute atomic E-state index is 11.6. The largest absolute Gasteiger partial charge is 0.466 e. The molecule has 0 amide bonds. The fourth-order valence-corrected chi connectivity index (χ4v) is 2.07. The molecular formula is C15H16O3. The van der Waals surface area contributed by atoms with Crippen LogP contribution in [0.2, 0.25) is 0 Å². The molecule has 1 aliphatic carbocycles. The second kappa shape index (κ2) is 5.63. The molecule has 18 heavy (non-hydrogen) atoms. The molecule has 0 atom stereocenters. The van der Waals surface area contributed by atoms with Gasteiger partial charge in [0, 0.05) is 12.0 Å². The minimum atomic E-state index is -0.231. The van der Waals surface area contributed by atoms with Crippen molar-refractivity contribution in [1.29, 1.82) is 0 Å². The number of hydrogen-bond donors (Lipinski definition) is 0. The molecule has 3 nitrogen and oxygen atoms in total. The van der Waals surface area contributed by atoms with Gasteiger partial charge in [-0.3, -0.25) is 9.59 Å². The van der Waals surface area contributed by atoms with E-state index in [1.165, 1.54) is 0 Å². The van der Waals surface area contributed by atoms with Gasteiger partial charge in [-0.1, -0.05) is 24.3 Å². The molecule has 0 heterocycles. The zero-order chi connectivity index (χ0) is 13.0. The smallest absolute Gasteiger partial charge is 0.309 e. The second-order valence-electron chi connectivity index (χ2n) is 4.25. The summed E-state index contributed by atoms with van der Waals surface area (Å²) >= 11 is 0. The topological polar surface area (TPSA) is 43.4 Å². The predicted molar refractivity (Wildman–Crippen MR) is 69.4 cm³/mol. The molecular weight excluding hydrogens is 228 g/mol. The molecule has 0 bridgehead atoms. The molecule has 0 radical (unpaired) electrons. The van der Waals surface area contributed by atoms with Crippen LogP contribution in [-0.4, -0.2) is 18.4 Å². The lowest BCUT2D eigenvalue weighted by atomic mass is 10.1. The standard InChI is InChI=1S/C15H16O3/c1-2-18-15(17)5-3-4-11-6-7-12-8-9-14(16)13(12)10-11/h3-4,6-7,10H,2,5,8-9H2,1H3. The molecule has 0 saturated carbocycles. The average molecular weight is 244 g/mol. The van der Waals surface area contributed by atoms with E-state index in [4.69, 9.17) is 4.74 Å². The number of aryl methyl sites for hydroxylation is 1. The maximum Gasteiger partial charge on any atom is 0.309 e. The lowest BCUT2D eigenvalue weighted by Gasteiger charge is -2.00. The Morgan fingerprint density at radius 2 is 2.22 bits per heavy atom. The molecule has 1 aromatic carbocycles. The summed E-state index contributed by atoms with van der Waals surface area (Å²) in [6.45, 7) is 2.19. The number of ketones is 1. The Labute approximate surface area is 106 Å². The molecule has 3 heteroatoms. The molecule has 2 rings (SSSR count). The van der Waals surface area contributed by atoms with Crippen molar-refractivity contribution in [3.05, 3.63) is 41.0 Å². The fourth-order valence-electron chi connectivity index (χ4n) is 2.07. The lowest BCUT2D eigenvalue weighted by Crippen LogP contribution is -2.01. The van der Waals surface area contributed by atoms with Crippen molar-refractivity contribution in [3.63, 3.8) is 0 Å². The van der Waals surface area contributed by atoms with Gasteiger partial charge < -0.3 is 4.74 Å². The van der Waals surface area contributed by atoms with Crippen LogP contribution in [0, 0.1) is 0 Å². The lowest BCUT2D eigenvalue weighted by molar-refractivity contribution is -0.142. The first kappa shape index (κ1) is 12.6. The third-order valence-electron chi connectivity index (χ3n) is 2.96. The summed E-state index contributed by atoms with van der Waals surface area (Å²) in [6, 6.07) is 5.86. The Bertz CT molecular complexity index is 500. The van der Waals surface area contributed by atoms with E-state index in [1.54, 1.807) is 13.0 Å². The van der Waals surface area contributed by atoms with Crippen LogP contribution in [0.25, 0.3) is 6.08 Å². The highest BCUT2D eigenvalue weighted by atomic mass is 16.5. The van der Waals surface area contributed by atoms with Crippen molar-refractivity contribution in [3.8, 4) is 0 Å². The molecule has 0 aliphatic heterocycles. The Morgan fingerprint density at radius 1 is 1.39 bits per heavy atom. The first-order valence-electron chi connectivity index (χ1n) is 6.19. The summed E-state index contributed by atoms with van der Waals surface area (Å²) in [7, 11) is 0. The van der Waals surface area contributed by atoms with Crippen LogP contribution in [0.4, 0.5) is 0 Å². The summed E-state index contributed by atoms with van der Waals surface area (Å²) in [5.41, 5.74) is 2.91. The third-order valence-corrected chi connectivity index (χ3v) is 2.96. The summed E-state index contributed by atoms with van der Waals surface area (Å²) in [4.78, 5) is 22.7.